The number of nitrogens with one attached hydrogen (secondary N) is 2. The van der Waals surface area contributed by atoms with Gasteiger partial charge in [0.1, 0.15) is 11.5 Å². The van der Waals surface area contributed by atoms with E-state index in [4.69, 9.17) is 0 Å². The molecule has 0 aliphatic heterocycles. The molecule has 1 atom stereocenters. The van der Waals surface area contributed by atoms with Gasteiger partial charge in [-0.1, -0.05) is 12.1 Å². The van der Waals surface area contributed by atoms with E-state index in [1.165, 1.54) is 4.40 Å². The molecule has 3 rings (SSSR count). The van der Waals surface area contributed by atoms with Gasteiger partial charge < -0.3 is 10.6 Å². The number of fused-ring (bicyclic) bond motifs is 1. The highest BCUT2D eigenvalue weighted by Gasteiger charge is 2.34. The number of imidazole rings is 1. The molecule has 0 fully saturated rings. The second-order valence-electron chi connectivity index (χ2n) is 5.38. The van der Waals surface area contributed by atoms with Crippen LogP contribution >= 0.6 is 0 Å². The molecule has 0 saturated carbocycles. The fourth-order valence-electron chi connectivity index (χ4n) is 2.62. The Labute approximate surface area is 126 Å². The van der Waals surface area contributed by atoms with E-state index in [0.717, 1.165) is 31.2 Å². The van der Waals surface area contributed by atoms with Gasteiger partial charge in [-0.25, -0.2) is 4.98 Å². The van der Waals surface area contributed by atoms with E-state index in [9.17, 15) is 13.2 Å². The maximum absolute atomic E-state index is 12.8. The monoisotopic (exact) mass is 310 g/mol. The molecule has 2 N–H and O–H groups in total. The Hall–Kier alpha value is -2.02. The number of nitrogens with zero attached hydrogens (tertiary/aromatic N) is 2. The Morgan fingerprint density at radius 2 is 2.14 bits per heavy atom. The van der Waals surface area contributed by atoms with Gasteiger partial charge in [-0.15, -0.1) is 0 Å². The van der Waals surface area contributed by atoms with E-state index in [2.05, 4.69) is 21.7 Å². The molecule has 2 aromatic heterocycles. The van der Waals surface area contributed by atoms with Gasteiger partial charge in [-0.3, -0.25) is 4.40 Å². The van der Waals surface area contributed by atoms with Gasteiger partial charge in [0.2, 0.25) is 0 Å². The summed E-state index contributed by atoms with van der Waals surface area (Å²) in [6, 6.07) is 5.48. The Bertz CT molecular complexity index is 702. The van der Waals surface area contributed by atoms with Gasteiger partial charge in [-0.05, 0) is 38.4 Å². The van der Waals surface area contributed by atoms with Crippen molar-refractivity contribution in [3.63, 3.8) is 0 Å². The first-order chi connectivity index (χ1) is 10.5. The van der Waals surface area contributed by atoms with Crippen molar-refractivity contribution in [3.8, 4) is 0 Å². The van der Waals surface area contributed by atoms with E-state index in [1.54, 1.807) is 18.2 Å². The minimum absolute atomic E-state index is 0.279. The van der Waals surface area contributed by atoms with Crippen LogP contribution in [-0.4, -0.2) is 22.5 Å². The first-order valence-corrected chi connectivity index (χ1v) is 7.16. The SMILES string of the molecule is CNC1CC=C(Nc2cccc3nc(C(F)(F)F)cn23)CC1. The van der Waals surface area contributed by atoms with E-state index in [1.807, 2.05) is 7.05 Å². The van der Waals surface area contributed by atoms with Crippen LogP contribution in [0.15, 0.2) is 36.2 Å². The average molecular weight is 310 g/mol. The Balaban J connectivity index is 1.88. The van der Waals surface area contributed by atoms with Crippen LogP contribution in [-0.2, 0) is 6.18 Å². The highest BCUT2D eigenvalue weighted by molar-refractivity contribution is 5.53. The van der Waals surface area contributed by atoms with Gasteiger partial charge in [0, 0.05) is 17.9 Å². The Morgan fingerprint density at radius 1 is 1.32 bits per heavy atom. The van der Waals surface area contributed by atoms with Crippen molar-refractivity contribution in [2.45, 2.75) is 31.5 Å². The Morgan fingerprint density at radius 3 is 2.77 bits per heavy atom. The first kappa shape index (κ1) is 14.9. The van der Waals surface area contributed by atoms with Crippen molar-refractivity contribution in [1.29, 1.82) is 0 Å². The lowest BCUT2D eigenvalue weighted by Gasteiger charge is -2.22. The molecular weight excluding hydrogens is 293 g/mol. The standard InChI is InChI=1S/C15H17F3N4/c1-19-10-5-7-11(8-6-10)20-13-3-2-4-14-21-12(9-22(13)14)15(16,17)18/h2-4,7,9-10,19-20H,5-6,8H2,1H3. The fourth-order valence-corrected chi connectivity index (χ4v) is 2.62. The molecule has 118 valence electrons. The number of hydrogen-bond acceptors (Lipinski definition) is 3. The van der Waals surface area contributed by atoms with Gasteiger partial charge in [0.25, 0.3) is 0 Å². The predicted octanol–water partition coefficient (Wildman–Crippen LogP) is 3.42. The second kappa shape index (κ2) is 5.64. The number of anilines is 1. The summed E-state index contributed by atoms with van der Waals surface area (Å²) < 4.78 is 39.8. The van der Waals surface area contributed by atoms with Crippen LogP contribution in [0.3, 0.4) is 0 Å². The lowest BCUT2D eigenvalue weighted by atomic mass is 9.99. The minimum Gasteiger partial charge on any atom is -0.345 e. The molecule has 0 aromatic carbocycles. The molecule has 0 amide bonds. The van der Waals surface area contributed by atoms with Gasteiger partial charge in [-0.2, -0.15) is 13.2 Å². The molecule has 4 nitrogen and oxygen atoms in total. The van der Waals surface area contributed by atoms with E-state index in [-0.39, 0.29) is 5.65 Å². The highest BCUT2D eigenvalue weighted by atomic mass is 19.4. The van der Waals surface area contributed by atoms with Crippen molar-refractivity contribution in [2.24, 2.45) is 0 Å². The smallest absolute Gasteiger partial charge is 0.345 e. The van der Waals surface area contributed by atoms with Crippen LogP contribution in [0.5, 0.6) is 0 Å². The molecule has 1 aliphatic carbocycles. The first-order valence-electron chi connectivity index (χ1n) is 7.16. The highest BCUT2D eigenvalue weighted by Crippen LogP contribution is 2.30. The van der Waals surface area contributed by atoms with Crippen LogP contribution in [0, 0.1) is 0 Å². The van der Waals surface area contributed by atoms with Crippen LogP contribution in [0.2, 0.25) is 0 Å². The van der Waals surface area contributed by atoms with Crippen molar-refractivity contribution in [3.05, 3.63) is 41.9 Å². The number of allylic oxidation sites excluding steroid dienone is 1. The summed E-state index contributed by atoms with van der Waals surface area (Å²) in [5, 5.41) is 6.45. The zero-order chi connectivity index (χ0) is 15.7. The third-order valence-electron chi connectivity index (χ3n) is 3.89. The average Bonchev–Trinajstić information content (AvgIpc) is 2.93. The van der Waals surface area contributed by atoms with Crippen molar-refractivity contribution >= 4 is 11.5 Å². The zero-order valence-corrected chi connectivity index (χ0v) is 12.1. The molecule has 1 unspecified atom stereocenters. The van der Waals surface area contributed by atoms with Crippen molar-refractivity contribution < 1.29 is 13.2 Å². The summed E-state index contributed by atoms with van der Waals surface area (Å²) in [4.78, 5) is 3.63. The number of halogens is 3. The van der Waals surface area contributed by atoms with Crippen molar-refractivity contribution in [1.82, 2.24) is 14.7 Å². The predicted molar refractivity (Wildman–Crippen MR) is 78.6 cm³/mol. The summed E-state index contributed by atoms with van der Waals surface area (Å²) in [6.45, 7) is 0. The molecule has 22 heavy (non-hydrogen) atoms. The van der Waals surface area contributed by atoms with Crippen LogP contribution < -0.4 is 10.6 Å². The quantitative estimate of drug-likeness (QED) is 0.913. The molecule has 2 heterocycles. The maximum atomic E-state index is 12.8. The zero-order valence-electron chi connectivity index (χ0n) is 12.1. The summed E-state index contributed by atoms with van der Waals surface area (Å²) in [7, 11) is 1.93. The lowest BCUT2D eigenvalue weighted by molar-refractivity contribution is -0.140. The number of aromatic nitrogens is 2. The van der Waals surface area contributed by atoms with Gasteiger partial charge >= 0.3 is 6.18 Å². The molecule has 1 aliphatic rings. The third-order valence-corrected chi connectivity index (χ3v) is 3.89. The summed E-state index contributed by atoms with van der Waals surface area (Å²) >= 11 is 0. The van der Waals surface area contributed by atoms with Crippen LogP contribution in [0.25, 0.3) is 5.65 Å². The molecule has 0 saturated heterocycles. The van der Waals surface area contributed by atoms with Gasteiger partial charge in [0.05, 0.1) is 0 Å². The van der Waals surface area contributed by atoms with Crippen LogP contribution in [0.4, 0.5) is 19.0 Å². The lowest BCUT2D eigenvalue weighted by Crippen LogP contribution is -2.27. The molecular formula is C15H17F3N4. The number of pyridine rings is 1. The third kappa shape index (κ3) is 2.94. The Kier molecular flexibility index (Phi) is 3.82. The van der Waals surface area contributed by atoms with Crippen molar-refractivity contribution in [2.75, 3.05) is 12.4 Å². The summed E-state index contributed by atoms with van der Waals surface area (Å²) in [5.74, 6) is 0.592. The summed E-state index contributed by atoms with van der Waals surface area (Å²) in [5.41, 5.74) is 0.428. The molecule has 0 radical (unpaired) electrons. The second-order valence-corrected chi connectivity index (χ2v) is 5.38. The van der Waals surface area contributed by atoms with Crippen LogP contribution in [0.1, 0.15) is 25.0 Å². The normalized spacial score (nSPS) is 19.3. The van der Waals surface area contributed by atoms with Gasteiger partial charge in [0.15, 0.2) is 5.69 Å². The minimum atomic E-state index is -4.44. The molecule has 0 spiro atoms. The largest absolute Gasteiger partial charge is 0.434 e. The number of hydrogen-bond donors (Lipinski definition) is 2. The van der Waals surface area contributed by atoms with E-state index in [0.29, 0.717) is 11.9 Å². The molecule has 7 heteroatoms. The summed E-state index contributed by atoms with van der Waals surface area (Å²) in [6.07, 6.45) is 1.45. The maximum Gasteiger partial charge on any atom is 0.434 e. The topological polar surface area (TPSA) is 41.4 Å². The molecule has 2 aromatic rings. The molecule has 0 bridgehead atoms. The van der Waals surface area contributed by atoms with E-state index < -0.39 is 11.9 Å². The van der Waals surface area contributed by atoms with E-state index >= 15 is 0 Å². The number of alkyl halides is 3. The fraction of sp³-hybridized carbons (Fsp3) is 0.400. The number of rotatable bonds is 3.